The highest BCUT2D eigenvalue weighted by Crippen LogP contribution is 2.36. The predicted molar refractivity (Wildman–Crippen MR) is 103 cm³/mol. The minimum absolute atomic E-state index is 0.0927. The number of thioether (sulfide) groups is 1. The lowest BCUT2D eigenvalue weighted by Gasteiger charge is -2.07. The molecule has 0 aliphatic rings. The van der Waals surface area contributed by atoms with E-state index in [0.717, 1.165) is 0 Å². The molecule has 7 nitrogen and oxygen atoms in total. The molecule has 2 aromatic rings. The van der Waals surface area contributed by atoms with Crippen molar-refractivity contribution in [2.45, 2.75) is 17.3 Å². The van der Waals surface area contributed by atoms with Crippen LogP contribution < -0.4 is 10.1 Å². The zero-order chi connectivity index (χ0) is 21.4. The summed E-state index contributed by atoms with van der Waals surface area (Å²) in [6.45, 7) is 1.82. The van der Waals surface area contributed by atoms with Gasteiger partial charge in [-0.3, -0.25) is 4.79 Å². The molecule has 2 rings (SSSR count). The van der Waals surface area contributed by atoms with Crippen LogP contribution in [0.25, 0.3) is 5.69 Å². The standard InChI is InChI=1S/C18H19F3N4O3S/c1-12(16(24-27-3)17(26)22-2)9-11-28-15-8-10-25(23-15)13-4-6-14(7-5-13)29-18(19,20)21/h4-10H,11H2,1-3H3,(H,22,26)/b12-9-,24-16+. The molecule has 0 radical (unpaired) electrons. The lowest BCUT2D eigenvalue weighted by Crippen LogP contribution is -2.28. The van der Waals surface area contributed by atoms with Gasteiger partial charge >= 0.3 is 5.51 Å². The van der Waals surface area contributed by atoms with Gasteiger partial charge in [0.05, 0.1) is 5.69 Å². The number of carbonyl (C=O) groups excluding carboxylic acids is 1. The summed E-state index contributed by atoms with van der Waals surface area (Å²) < 4.78 is 44.2. The minimum atomic E-state index is -4.33. The Balaban J connectivity index is 2.00. The number of amides is 1. The summed E-state index contributed by atoms with van der Waals surface area (Å²) in [5.41, 5.74) is -3.05. The molecule has 0 aliphatic carbocycles. The molecule has 1 heterocycles. The zero-order valence-corrected chi connectivity index (χ0v) is 16.7. The molecule has 156 valence electrons. The monoisotopic (exact) mass is 428 g/mol. The lowest BCUT2D eigenvalue weighted by molar-refractivity contribution is -0.114. The number of carbonyl (C=O) groups is 1. The molecule has 0 bridgehead atoms. The fourth-order valence-corrected chi connectivity index (χ4v) is 2.72. The van der Waals surface area contributed by atoms with E-state index < -0.39 is 11.4 Å². The number of hydrogen-bond donors (Lipinski definition) is 1. The Labute approximate surface area is 169 Å². The molecule has 0 aliphatic heterocycles. The van der Waals surface area contributed by atoms with E-state index in [1.807, 2.05) is 0 Å². The number of oxime groups is 1. The molecule has 0 saturated carbocycles. The molecule has 1 amide bonds. The second-order valence-electron chi connectivity index (χ2n) is 5.54. The van der Waals surface area contributed by atoms with Gasteiger partial charge in [0.2, 0.25) is 5.88 Å². The van der Waals surface area contributed by atoms with Crippen molar-refractivity contribution in [3.05, 3.63) is 48.2 Å². The van der Waals surface area contributed by atoms with Crippen LogP contribution in [0.15, 0.2) is 58.2 Å². The van der Waals surface area contributed by atoms with Gasteiger partial charge in [-0.25, -0.2) is 4.68 Å². The highest BCUT2D eigenvalue weighted by Gasteiger charge is 2.29. The zero-order valence-electron chi connectivity index (χ0n) is 15.9. The van der Waals surface area contributed by atoms with Gasteiger partial charge in [-0.2, -0.15) is 13.2 Å². The Morgan fingerprint density at radius 2 is 2.00 bits per heavy atom. The Bertz CT molecular complexity index is 893. The first-order chi connectivity index (χ1) is 13.7. The van der Waals surface area contributed by atoms with E-state index in [-0.39, 0.29) is 29.0 Å². The largest absolute Gasteiger partial charge is 0.472 e. The molecule has 1 aromatic carbocycles. The summed E-state index contributed by atoms with van der Waals surface area (Å²) in [4.78, 5) is 16.5. The minimum Gasteiger partial charge on any atom is -0.472 e. The number of nitrogens with zero attached hydrogens (tertiary/aromatic N) is 3. The van der Waals surface area contributed by atoms with Crippen LogP contribution in [0.2, 0.25) is 0 Å². The van der Waals surface area contributed by atoms with Crippen LogP contribution in [-0.4, -0.2) is 47.7 Å². The smallest absolute Gasteiger partial charge is 0.446 e. The fourth-order valence-electron chi connectivity index (χ4n) is 2.18. The summed E-state index contributed by atoms with van der Waals surface area (Å²) in [7, 11) is 2.83. The number of halogens is 3. The Hall–Kier alpha value is -2.95. The van der Waals surface area contributed by atoms with Gasteiger partial charge in [0.1, 0.15) is 13.7 Å². The van der Waals surface area contributed by atoms with Crippen molar-refractivity contribution in [2.24, 2.45) is 5.16 Å². The average Bonchev–Trinajstić information content (AvgIpc) is 3.13. The number of rotatable bonds is 8. The first-order valence-electron chi connectivity index (χ1n) is 8.28. The van der Waals surface area contributed by atoms with Crippen molar-refractivity contribution in [3.63, 3.8) is 0 Å². The van der Waals surface area contributed by atoms with Crippen LogP contribution in [-0.2, 0) is 9.63 Å². The van der Waals surface area contributed by atoms with Gasteiger partial charge in [-0.15, -0.1) is 5.10 Å². The van der Waals surface area contributed by atoms with Crippen LogP contribution >= 0.6 is 11.8 Å². The van der Waals surface area contributed by atoms with E-state index >= 15 is 0 Å². The summed E-state index contributed by atoms with van der Waals surface area (Å²) in [5.74, 6) is -0.0787. The second-order valence-corrected chi connectivity index (χ2v) is 6.68. The molecule has 0 spiro atoms. The van der Waals surface area contributed by atoms with Gasteiger partial charge in [-0.05, 0) is 54.6 Å². The Kier molecular flexibility index (Phi) is 7.71. The predicted octanol–water partition coefficient (Wildman–Crippen LogP) is 3.56. The maximum atomic E-state index is 12.4. The first-order valence-corrected chi connectivity index (χ1v) is 9.10. The highest BCUT2D eigenvalue weighted by molar-refractivity contribution is 8.00. The molecule has 0 atom stereocenters. The van der Waals surface area contributed by atoms with Gasteiger partial charge in [0, 0.05) is 24.2 Å². The van der Waals surface area contributed by atoms with Gasteiger partial charge in [0.25, 0.3) is 5.91 Å². The number of ether oxygens (including phenoxy) is 1. The van der Waals surface area contributed by atoms with E-state index in [1.54, 1.807) is 25.3 Å². The number of hydrogen-bond acceptors (Lipinski definition) is 6. The SMILES string of the molecule is CNC(=O)C(=N/OC)/C(C)=C\COc1ccn(-c2ccc(SC(F)(F)F)cc2)n1. The molecule has 0 fully saturated rings. The van der Waals surface area contributed by atoms with E-state index in [0.29, 0.717) is 17.1 Å². The number of alkyl halides is 3. The first kappa shape index (κ1) is 22.3. The van der Waals surface area contributed by atoms with Crippen molar-refractivity contribution in [2.75, 3.05) is 20.8 Å². The van der Waals surface area contributed by atoms with E-state index in [9.17, 15) is 18.0 Å². The van der Waals surface area contributed by atoms with Crippen LogP contribution in [0.4, 0.5) is 13.2 Å². The van der Waals surface area contributed by atoms with E-state index in [1.165, 1.54) is 43.1 Å². The highest BCUT2D eigenvalue weighted by atomic mass is 32.2. The normalized spacial score (nSPS) is 12.6. The summed E-state index contributed by atoms with van der Waals surface area (Å²) >= 11 is -0.175. The average molecular weight is 428 g/mol. The van der Waals surface area contributed by atoms with Crippen LogP contribution in [0.3, 0.4) is 0 Å². The molecule has 0 saturated heterocycles. The summed E-state index contributed by atoms with van der Waals surface area (Å²) in [6, 6.07) is 7.43. The van der Waals surface area contributed by atoms with E-state index in [2.05, 4.69) is 20.4 Å². The maximum absolute atomic E-state index is 12.4. The third-order valence-electron chi connectivity index (χ3n) is 3.52. The van der Waals surface area contributed by atoms with Crippen molar-refractivity contribution in [1.29, 1.82) is 0 Å². The molecule has 0 unspecified atom stereocenters. The molecular weight excluding hydrogens is 409 g/mol. The quantitative estimate of drug-likeness (QED) is 0.395. The van der Waals surface area contributed by atoms with Crippen molar-refractivity contribution in [3.8, 4) is 11.6 Å². The van der Waals surface area contributed by atoms with Crippen molar-refractivity contribution < 1.29 is 27.5 Å². The Morgan fingerprint density at radius 1 is 1.31 bits per heavy atom. The molecule has 11 heteroatoms. The van der Waals surface area contributed by atoms with Gasteiger partial charge in [0.15, 0.2) is 5.71 Å². The van der Waals surface area contributed by atoms with Crippen molar-refractivity contribution in [1.82, 2.24) is 15.1 Å². The second kappa shape index (κ2) is 10.0. The molecule has 29 heavy (non-hydrogen) atoms. The third kappa shape index (κ3) is 6.86. The maximum Gasteiger partial charge on any atom is 0.446 e. The molecular formula is C18H19F3N4O3S. The van der Waals surface area contributed by atoms with Gasteiger partial charge < -0.3 is 14.9 Å². The van der Waals surface area contributed by atoms with Crippen LogP contribution in [0.1, 0.15) is 6.92 Å². The molecule has 1 N–H and O–H groups in total. The van der Waals surface area contributed by atoms with Crippen LogP contribution in [0, 0.1) is 0 Å². The summed E-state index contributed by atoms with van der Waals surface area (Å²) in [6.07, 6.45) is 3.27. The third-order valence-corrected chi connectivity index (χ3v) is 4.26. The van der Waals surface area contributed by atoms with Gasteiger partial charge in [-0.1, -0.05) is 5.16 Å². The molecule has 1 aromatic heterocycles. The summed E-state index contributed by atoms with van der Waals surface area (Å²) in [5, 5.41) is 10.4. The lowest BCUT2D eigenvalue weighted by atomic mass is 10.1. The van der Waals surface area contributed by atoms with Crippen LogP contribution in [0.5, 0.6) is 5.88 Å². The topological polar surface area (TPSA) is 77.7 Å². The van der Waals surface area contributed by atoms with E-state index in [4.69, 9.17) is 4.74 Å². The number of nitrogens with one attached hydrogen (secondary N) is 1. The fraction of sp³-hybridized carbons (Fsp3) is 0.278. The van der Waals surface area contributed by atoms with Crippen molar-refractivity contribution >= 4 is 23.4 Å². The number of benzene rings is 1. The number of aromatic nitrogens is 2. The Morgan fingerprint density at radius 3 is 2.59 bits per heavy atom.